The summed E-state index contributed by atoms with van der Waals surface area (Å²) < 4.78 is 0. The summed E-state index contributed by atoms with van der Waals surface area (Å²) in [4.78, 5) is 16.9. The van der Waals surface area contributed by atoms with Gasteiger partial charge >= 0.3 is 5.97 Å². The van der Waals surface area contributed by atoms with Gasteiger partial charge in [-0.2, -0.15) is 0 Å². The Bertz CT molecular complexity index is 340. The first kappa shape index (κ1) is 12.6. The zero-order valence-electron chi connectivity index (χ0n) is 9.50. The van der Waals surface area contributed by atoms with Crippen LogP contribution in [0, 0.1) is 0 Å². The lowest BCUT2D eigenvalue weighted by atomic mass is 10.0. The number of pyridine rings is 1. The molecule has 88 valence electrons. The molecule has 1 aromatic rings. The van der Waals surface area contributed by atoms with Crippen molar-refractivity contribution in [3.63, 3.8) is 0 Å². The predicted molar refractivity (Wildman–Crippen MR) is 60.9 cm³/mol. The minimum absolute atomic E-state index is 0.0766. The van der Waals surface area contributed by atoms with Gasteiger partial charge in [-0.15, -0.1) is 0 Å². The molecule has 2 atom stereocenters. The maximum absolute atomic E-state index is 10.7. The smallest absolute Gasteiger partial charge is 0.320 e. The lowest BCUT2D eigenvalue weighted by molar-refractivity contribution is -0.139. The van der Waals surface area contributed by atoms with Gasteiger partial charge in [0.05, 0.1) is 11.7 Å². The van der Waals surface area contributed by atoms with Crippen molar-refractivity contribution >= 4 is 5.97 Å². The Morgan fingerprint density at radius 3 is 2.69 bits per heavy atom. The Kier molecular flexibility index (Phi) is 4.39. The van der Waals surface area contributed by atoms with Crippen LogP contribution in [0.4, 0.5) is 0 Å². The van der Waals surface area contributed by atoms with E-state index in [0.29, 0.717) is 6.42 Å². The van der Waals surface area contributed by atoms with E-state index in [1.807, 2.05) is 37.2 Å². The average Bonchev–Trinajstić information content (AvgIpc) is 2.26. The number of aliphatic carboxylic acids is 1. The second-order valence-corrected chi connectivity index (χ2v) is 3.91. The van der Waals surface area contributed by atoms with Crippen LogP contribution in [0.15, 0.2) is 24.4 Å². The van der Waals surface area contributed by atoms with E-state index in [-0.39, 0.29) is 6.04 Å². The molecule has 0 fully saturated rings. The fourth-order valence-electron chi connectivity index (χ4n) is 1.51. The summed E-state index contributed by atoms with van der Waals surface area (Å²) in [6.07, 6.45) is 2.04. The number of rotatable bonds is 5. The Hall–Kier alpha value is -1.46. The zero-order valence-corrected chi connectivity index (χ0v) is 9.50. The van der Waals surface area contributed by atoms with Gasteiger partial charge in [0.15, 0.2) is 0 Å². The minimum atomic E-state index is -0.984. The van der Waals surface area contributed by atoms with Crippen molar-refractivity contribution in [2.45, 2.75) is 18.5 Å². The Morgan fingerprint density at radius 1 is 1.56 bits per heavy atom. The Labute approximate surface area is 94.9 Å². The normalized spacial score (nSPS) is 14.8. The van der Waals surface area contributed by atoms with E-state index in [4.69, 9.17) is 10.8 Å². The molecule has 0 spiro atoms. The molecule has 1 heterocycles. The summed E-state index contributed by atoms with van der Waals surface area (Å²) in [6.45, 7) is 0. The van der Waals surface area contributed by atoms with Crippen LogP contribution in [-0.4, -0.2) is 41.1 Å². The fourth-order valence-corrected chi connectivity index (χ4v) is 1.51. The number of nitrogens with two attached hydrogens (primary N) is 1. The van der Waals surface area contributed by atoms with Crippen molar-refractivity contribution in [3.8, 4) is 0 Å². The highest BCUT2D eigenvalue weighted by molar-refractivity contribution is 5.73. The summed E-state index contributed by atoms with van der Waals surface area (Å²) in [5.74, 6) is -0.984. The van der Waals surface area contributed by atoms with Crippen LogP contribution in [0.2, 0.25) is 0 Å². The van der Waals surface area contributed by atoms with Gasteiger partial charge in [0.25, 0.3) is 0 Å². The molecule has 0 aliphatic heterocycles. The number of hydrogen-bond acceptors (Lipinski definition) is 4. The van der Waals surface area contributed by atoms with Crippen LogP contribution in [0.5, 0.6) is 0 Å². The SMILES string of the molecule is CN(C)C(CC(N)C(=O)O)c1ccccn1. The lowest BCUT2D eigenvalue weighted by Crippen LogP contribution is -2.35. The van der Waals surface area contributed by atoms with Gasteiger partial charge in [0, 0.05) is 6.20 Å². The third-order valence-electron chi connectivity index (χ3n) is 2.45. The number of carboxylic acid groups (broad SMARTS) is 1. The molecule has 1 aromatic heterocycles. The van der Waals surface area contributed by atoms with Gasteiger partial charge in [-0.25, -0.2) is 0 Å². The molecule has 3 N–H and O–H groups in total. The van der Waals surface area contributed by atoms with Gasteiger partial charge in [-0.05, 0) is 32.6 Å². The van der Waals surface area contributed by atoms with Gasteiger partial charge < -0.3 is 15.7 Å². The molecule has 0 amide bonds. The largest absolute Gasteiger partial charge is 0.480 e. The number of aromatic nitrogens is 1. The van der Waals surface area contributed by atoms with E-state index in [9.17, 15) is 4.79 Å². The number of hydrogen-bond donors (Lipinski definition) is 2. The average molecular weight is 223 g/mol. The summed E-state index contributed by atoms with van der Waals surface area (Å²) in [7, 11) is 3.77. The maximum atomic E-state index is 10.7. The molecule has 0 aromatic carbocycles. The molecule has 1 rings (SSSR count). The van der Waals surface area contributed by atoms with E-state index in [1.54, 1.807) is 6.20 Å². The van der Waals surface area contributed by atoms with Crippen LogP contribution in [0.1, 0.15) is 18.2 Å². The third-order valence-corrected chi connectivity index (χ3v) is 2.45. The highest BCUT2D eigenvalue weighted by Crippen LogP contribution is 2.20. The molecule has 0 saturated heterocycles. The lowest BCUT2D eigenvalue weighted by Gasteiger charge is -2.25. The van der Waals surface area contributed by atoms with E-state index >= 15 is 0 Å². The van der Waals surface area contributed by atoms with Crippen LogP contribution in [0.25, 0.3) is 0 Å². The van der Waals surface area contributed by atoms with Crippen LogP contribution >= 0.6 is 0 Å². The molecule has 2 unspecified atom stereocenters. The quantitative estimate of drug-likeness (QED) is 0.759. The first-order chi connectivity index (χ1) is 7.52. The molecule has 0 bridgehead atoms. The van der Waals surface area contributed by atoms with Crippen LogP contribution in [0.3, 0.4) is 0 Å². The maximum Gasteiger partial charge on any atom is 0.320 e. The van der Waals surface area contributed by atoms with E-state index < -0.39 is 12.0 Å². The number of carboxylic acids is 1. The molecule has 0 saturated carbocycles. The Balaban J connectivity index is 2.81. The number of carbonyl (C=O) groups is 1. The first-order valence-corrected chi connectivity index (χ1v) is 5.08. The summed E-state index contributed by atoms with van der Waals surface area (Å²) >= 11 is 0. The molecule has 0 radical (unpaired) electrons. The molecule has 5 heteroatoms. The molecular formula is C11H17N3O2. The van der Waals surface area contributed by atoms with Crippen molar-refractivity contribution < 1.29 is 9.90 Å². The van der Waals surface area contributed by atoms with Gasteiger partial charge in [0.1, 0.15) is 6.04 Å². The van der Waals surface area contributed by atoms with E-state index in [2.05, 4.69) is 4.98 Å². The second-order valence-electron chi connectivity index (χ2n) is 3.91. The third kappa shape index (κ3) is 3.29. The monoisotopic (exact) mass is 223 g/mol. The highest BCUT2D eigenvalue weighted by Gasteiger charge is 2.22. The molecule has 0 aliphatic carbocycles. The summed E-state index contributed by atoms with van der Waals surface area (Å²) in [6, 6.07) is 4.64. The predicted octanol–water partition coefficient (Wildman–Crippen LogP) is 0.486. The zero-order chi connectivity index (χ0) is 12.1. The summed E-state index contributed by atoms with van der Waals surface area (Å²) in [5, 5.41) is 8.80. The highest BCUT2D eigenvalue weighted by atomic mass is 16.4. The van der Waals surface area contributed by atoms with Crippen molar-refractivity contribution in [1.29, 1.82) is 0 Å². The van der Waals surface area contributed by atoms with E-state index in [0.717, 1.165) is 5.69 Å². The molecule has 5 nitrogen and oxygen atoms in total. The van der Waals surface area contributed by atoms with Crippen LogP contribution in [-0.2, 0) is 4.79 Å². The second kappa shape index (κ2) is 5.58. The topological polar surface area (TPSA) is 79.5 Å². The van der Waals surface area contributed by atoms with Crippen molar-refractivity contribution in [2.75, 3.05) is 14.1 Å². The molecular weight excluding hydrogens is 206 g/mol. The first-order valence-electron chi connectivity index (χ1n) is 5.08. The summed E-state index contributed by atoms with van der Waals surface area (Å²) in [5.41, 5.74) is 6.38. The van der Waals surface area contributed by atoms with Crippen molar-refractivity contribution in [1.82, 2.24) is 9.88 Å². The number of nitrogens with zero attached hydrogens (tertiary/aromatic N) is 2. The van der Waals surface area contributed by atoms with Crippen LogP contribution < -0.4 is 5.73 Å². The minimum Gasteiger partial charge on any atom is -0.480 e. The molecule has 0 aliphatic rings. The van der Waals surface area contributed by atoms with E-state index in [1.165, 1.54) is 0 Å². The van der Waals surface area contributed by atoms with Gasteiger partial charge in [-0.3, -0.25) is 9.78 Å². The van der Waals surface area contributed by atoms with Gasteiger partial charge in [-0.1, -0.05) is 6.07 Å². The Morgan fingerprint density at radius 2 is 2.25 bits per heavy atom. The fraction of sp³-hybridized carbons (Fsp3) is 0.455. The van der Waals surface area contributed by atoms with Crippen molar-refractivity contribution in [2.24, 2.45) is 5.73 Å². The standard InChI is InChI=1S/C11H17N3O2/c1-14(2)10(7-8(12)11(15)16)9-5-3-4-6-13-9/h3-6,8,10H,7,12H2,1-2H3,(H,15,16). The van der Waals surface area contributed by atoms with Crippen molar-refractivity contribution in [3.05, 3.63) is 30.1 Å². The molecule has 16 heavy (non-hydrogen) atoms. The van der Waals surface area contributed by atoms with Gasteiger partial charge in [0.2, 0.25) is 0 Å².